The number of hydrogen-bond acceptors (Lipinski definition) is 2. The van der Waals surface area contributed by atoms with E-state index in [1.54, 1.807) is 11.8 Å². The van der Waals surface area contributed by atoms with Crippen LogP contribution in [0.5, 0.6) is 0 Å². The molecule has 2 amide bonds. The molecule has 0 bridgehead atoms. The van der Waals surface area contributed by atoms with Gasteiger partial charge in [-0.2, -0.15) is 0 Å². The van der Waals surface area contributed by atoms with Gasteiger partial charge in [-0.15, -0.1) is 0 Å². The van der Waals surface area contributed by atoms with Crippen LogP contribution in [0, 0.1) is 6.92 Å². The molecule has 0 spiro atoms. The first-order valence-corrected chi connectivity index (χ1v) is 10.7. The molecule has 0 unspecified atom stereocenters. The van der Waals surface area contributed by atoms with Crippen LogP contribution in [0.25, 0.3) is 0 Å². The maximum atomic E-state index is 13.3. The number of nitrogens with zero attached hydrogens (tertiary/aromatic N) is 1. The number of amides is 2. The molecule has 1 fully saturated rings. The maximum Gasteiger partial charge on any atom is 0.242 e. The first kappa shape index (κ1) is 21.4. The van der Waals surface area contributed by atoms with E-state index < -0.39 is 6.04 Å². The summed E-state index contributed by atoms with van der Waals surface area (Å²) in [5.41, 5.74) is 2.89. The lowest BCUT2D eigenvalue weighted by Gasteiger charge is -2.30. The minimum Gasteiger partial charge on any atom is -0.352 e. The van der Waals surface area contributed by atoms with Crippen molar-refractivity contribution in [3.05, 3.63) is 70.2 Å². The smallest absolute Gasteiger partial charge is 0.242 e. The first-order chi connectivity index (χ1) is 14.0. The molecule has 1 N–H and O–H groups in total. The van der Waals surface area contributed by atoms with Crippen molar-refractivity contribution in [2.75, 3.05) is 0 Å². The number of carbonyl (C=O) groups excluding carboxylic acids is 2. The minimum atomic E-state index is -0.566. The Kier molecular flexibility index (Phi) is 7.32. The van der Waals surface area contributed by atoms with E-state index in [1.807, 2.05) is 55.5 Å². The summed E-state index contributed by atoms with van der Waals surface area (Å²) >= 11 is 6.34. The molecule has 29 heavy (non-hydrogen) atoms. The Morgan fingerprint density at radius 2 is 1.69 bits per heavy atom. The molecule has 4 nitrogen and oxygen atoms in total. The number of aryl methyl sites for hydroxylation is 1. The summed E-state index contributed by atoms with van der Waals surface area (Å²) in [4.78, 5) is 27.8. The van der Waals surface area contributed by atoms with Crippen molar-refractivity contribution < 1.29 is 9.59 Å². The molecule has 1 atom stereocenters. The third kappa shape index (κ3) is 5.60. The van der Waals surface area contributed by atoms with Gasteiger partial charge >= 0.3 is 0 Å². The van der Waals surface area contributed by atoms with Crippen LogP contribution in [0.3, 0.4) is 0 Å². The predicted octanol–water partition coefficient (Wildman–Crippen LogP) is 4.67. The molecule has 1 aliphatic rings. The summed E-state index contributed by atoms with van der Waals surface area (Å²) < 4.78 is 0. The Labute approximate surface area is 178 Å². The fraction of sp³-hybridized carbons (Fsp3) is 0.417. The zero-order chi connectivity index (χ0) is 20.8. The van der Waals surface area contributed by atoms with Gasteiger partial charge in [0.25, 0.3) is 0 Å². The zero-order valence-corrected chi connectivity index (χ0v) is 17.9. The van der Waals surface area contributed by atoms with Crippen LogP contribution in [0.2, 0.25) is 5.02 Å². The van der Waals surface area contributed by atoms with Gasteiger partial charge in [0.2, 0.25) is 11.8 Å². The SMILES string of the molecule is Cc1ccccc1CC(=O)N(Cc1ccccc1Cl)[C@@H](C)C(=O)NC1CCCC1. The van der Waals surface area contributed by atoms with Crippen molar-refractivity contribution in [3.63, 3.8) is 0 Å². The Morgan fingerprint density at radius 3 is 2.34 bits per heavy atom. The molecule has 0 aromatic heterocycles. The van der Waals surface area contributed by atoms with E-state index >= 15 is 0 Å². The molecule has 1 aliphatic carbocycles. The Hall–Kier alpha value is -2.33. The molecule has 0 heterocycles. The third-order valence-corrected chi connectivity index (χ3v) is 6.14. The van der Waals surface area contributed by atoms with Crippen molar-refractivity contribution in [2.24, 2.45) is 0 Å². The van der Waals surface area contributed by atoms with Crippen molar-refractivity contribution >= 4 is 23.4 Å². The first-order valence-electron chi connectivity index (χ1n) is 10.3. The monoisotopic (exact) mass is 412 g/mol. The number of hydrogen-bond donors (Lipinski definition) is 1. The van der Waals surface area contributed by atoms with E-state index in [0.717, 1.165) is 42.4 Å². The van der Waals surface area contributed by atoms with Crippen LogP contribution in [0.15, 0.2) is 48.5 Å². The number of halogens is 1. The standard InChI is InChI=1S/C24H29ClN2O2/c1-17-9-3-4-10-19(17)15-23(28)27(16-20-11-5-8-14-22(20)25)18(2)24(29)26-21-12-6-7-13-21/h3-5,8-11,14,18,21H,6-7,12-13,15-16H2,1-2H3,(H,26,29)/t18-/m0/s1. The Balaban J connectivity index is 1.80. The lowest BCUT2D eigenvalue weighted by Crippen LogP contribution is -2.50. The summed E-state index contributed by atoms with van der Waals surface area (Å²) in [6, 6.07) is 15.0. The van der Waals surface area contributed by atoms with Crippen LogP contribution >= 0.6 is 11.6 Å². The molecule has 1 saturated carbocycles. The molecule has 2 aromatic rings. The summed E-state index contributed by atoms with van der Waals surface area (Å²) in [7, 11) is 0. The molecule has 2 aromatic carbocycles. The molecule has 0 radical (unpaired) electrons. The van der Waals surface area contributed by atoms with Gasteiger partial charge in [0.1, 0.15) is 6.04 Å². The van der Waals surface area contributed by atoms with Gasteiger partial charge in [0, 0.05) is 17.6 Å². The molecular formula is C24H29ClN2O2. The lowest BCUT2D eigenvalue weighted by molar-refractivity contribution is -0.140. The summed E-state index contributed by atoms with van der Waals surface area (Å²) in [6.45, 7) is 4.11. The predicted molar refractivity (Wildman–Crippen MR) is 117 cm³/mol. The van der Waals surface area contributed by atoms with E-state index in [0.29, 0.717) is 11.6 Å². The molecule has 154 valence electrons. The van der Waals surface area contributed by atoms with E-state index in [4.69, 9.17) is 11.6 Å². The second-order valence-electron chi connectivity index (χ2n) is 7.88. The second-order valence-corrected chi connectivity index (χ2v) is 8.29. The zero-order valence-electron chi connectivity index (χ0n) is 17.2. The van der Waals surface area contributed by atoms with Gasteiger partial charge in [0.05, 0.1) is 6.42 Å². The molecule has 3 rings (SSSR count). The van der Waals surface area contributed by atoms with Gasteiger partial charge < -0.3 is 10.2 Å². The Morgan fingerprint density at radius 1 is 1.07 bits per heavy atom. The van der Waals surface area contributed by atoms with Gasteiger partial charge in [-0.3, -0.25) is 9.59 Å². The van der Waals surface area contributed by atoms with E-state index in [9.17, 15) is 9.59 Å². The fourth-order valence-electron chi connectivity index (χ4n) is 3.86. The summed E-state index contributed by atoms with van der Waals surface area (Å²) in [6.07, 6.45) is 4.59. The fourth-order valence-corrected chi connectivity index (χ4v) is 4.05. The van der Waals surface area contributed by atoms with Crippen LogP contribution in [0.4, 0.5) is 0 Å². The number of carbonyl (C=O) groups is 2. The highest BCUT2D eigenvalue weighted by Crippen LogP contribution is 2.21. The molecular weight excluding hydrogens is 384 g/mol. The van der Waals surface area contributed by atoms with Crippen molar-refractivity contribution in [2.45, 2.75) is 64.6 Å². The summed E-state index contributed by atoms with van der Waals surface area (Å²) in [5, 5.41) is 3.73. The van der Waals surface area contributed by atoms with Crippen LogP contribution in [-0.4, -0.2) is 28.8 Å². The minimum absolute atomic E-state index is 0.0757. The van der Waals surface area contributed by atoms with Gasteiger partial charge in [0.15, 0.2) is 0 Å². The normalized spacial score (nSPS) is 15.1. The largest absolute Gasteiger partial charge is 0.352 e. The lowest BCUT2D eigenvalue weighted by atomic mass is 10.0. The van der Waals surface area contributed by atoms with Crippen LogP contribution in [0.1, 0.15) is 49.3 Å². The number of rotatable bonds is 7. The summed E-state index contributed by atoms with van der Waals surface area (Å²) in [5.74, 6) is -0.171. The molecule has 5 heteroatoms. The average Bonchev–Trinajstić information content (AvgIpc) is 3.21. The van der Waals surface area contributed by atoms with Crippen LogP contribution < -0.4 is 5.32 Å². The number of benzene rings is 2. The molecule has 0 aliphatic heterocycles. The maximum absolute atomic E-state index is 13.3. The topological polar surface area (TPSA) is 49.4 Å². The Bertz CT molecular complexity index is 861. The molecule has 0 saturated heterocycles. The second kappa shape index (κ2) is 9.93. The van der Waals surface area contributed by atoms with Gasteiger partial charge in [-0.25, -0.2) is 0 Å². The quantitative estimate of drug-likeness (QED) is 0.718. The number of nitrogens with one attached hydrogen (secondary N) is 1. The van der Waals surface area contributed by atoms with E-state index in [-0.39, 0.29) is 24.3 Å². The van der Waals surface area contributed by atoms with Crippen molar-refractivity contribution in [1.82, 2.24) is 10.2 Å². The highest BCUT2D eigenvalue weighted by Gasteiger charge is 2.29. The van der Waals surface area contributed by atoms with Gasteiger partial charge in [-0.1, -0.05) is 66.9 Å². The van der Waals surface area contributed by atoms with E-state index in [1.165, 1.54) is 0 Å². The van der Waals surface area contributed by atoms with Gasteiger partial charge in [-0.05, 0) is 49.4 Å². The highest BCUT2D eigenvalue weighted by molar-refractivity contribution is 6.31. The average molecular weight is 413 g/mol. The third-order valence-electron chi connectivity index (χ3n) is 5.77. The van der Waals surface area contributed by atoms with Crippen molar-refractivity contribution in [1.29, 1.82) is 0 Å². The highest BCUT2D eigenvalue weighted by atomic mass is 35.5. The van der Waals surface area contributed by atoms with Crippen LogP contribution in [-0.2, 0) is 22.6 Å². The van der Waals surface area contributed by atoms with Crippen molar-refractivity contribution in [3.8, 4) is 0 Å². The van der Waals surface area contributed by atoms with E-state index in [2.05, 4.69) is 5.32 Å².